The first kappa shape index (κ1) is 11.5. The summed E-state index contributed by atoms with van der Waals surface area (Å²) in [6.07, 6.45) is 4.24. The normalized spacial score (nSPS) is 11.6. The lowest BCUT2D eigenvalue weighted by atomic mass is 10.1. The quantitative estimate of drug-likeness (QED) is 0.440. The number of benzene rings is 1. The van der Waals surface area contributed by atoms with Crippen LogP contribution in [0.25, 0.3) is 0 Å². The van der Waals surface area contributed by atoms with Gasteiger partial charge in [-0.2, -0.15) is 0 Å². The number of terminal acetylenes is 1. The van der Waals surface area contributed by atoms with E-state index in [1.54, 1.807) is 13.0 Å². The number of hydrogen-bond donors (Lipinski definition) is 0. The molecule has 0 aliphatic carbocycles. The molecule has 1 rings (SSSR count). The smallest absolute Gasteiger partial charge is 0.384 e. The maximum absolute atomic E-state index is 13.0. The molecule has 0 heterocycles. The van der Waals surface area contributed by atoms with Crippen LogP contribution in [0, 0.1) is 18.2 Å². The molecule has 15 heavy (non-hydrogen) atoms. The number of hydrogen-bond acceptors (Lipinski definition) is 2. The van der Waals surface area contributed by atoms with Crippen molar-refractivity contribution in [3.05, 3.63) is 34.6 Å². The maximum atomic E-state index is 13.0. The van der Waals surface area contributed by atoms with E-state index in [1.807, 2.05) is 5.92 Å². The van der Waals surface area contributed by atoms with Crippen LogP contribution in [0.2, 0.25) is 5.02 Å². The molecule has 1 atom stereocenters. The molecule has 78 valence electrons. The van der Waals surface area contributed by atoms with Crippen LogP contribution < -0.4 is 0 Å². The maximum Gasteiger partial charge on any atom is 0.384 e. The van der Waals surface area contributed by atoms with Crippen LogP contribution in [-0.4, -0.2) is 5.97 Å². The number of carbonyl (C=O) groups excluding carboxylic acids is 1. The van der Waals surface area contributed by atoms with Crippen LogP contribution in [0.15, 0.2) is 18.2 Å². The fraction of sp³-hybridized carbons (Fsp3) is 0.182. The minimum Gasteiger partial charge on any atom is -0.448 e. The van der Waals surface area contributed by atoms with Gasteiger partial charge in [0.05, 0.1) is 5.02 Å². The topological polar surface area (TPSA) is 26.3 Å². The Kier molecular flexibility index (Phi) is 3.70. The van der Waals surface area contributed by atoms with E-state index >= 15 is 0 Å². The van der Waals surface area contributed by atoms with Crippen molar-refractivity contribution in [2.24, 2.45) is 0 Å². The van der Waals surface area contributed by atoms with Crippen molar-refractivity contribution in [3.8, 4) is 12.3 Å². The van der Waals surface area contributed by atoms with E-state index in [0.29, 0.717) is 5.56 Å². The summed E-state index contributed by atoms with van der Waals surface area (Å²) in [5.41, 5.74) is 0.500. The van der Waals surface area contributed by atoms with Gasteiger partial charge in [-0.3, -0.25) is 0 Å². The van der Waals surface area contributed by atoms with Gasteiger partial charge in [0.15, 0.2) is 0 Å². The molecule has 0 saturated carbocycles. The van der Waals surface area contributed by atoms with Crippen molar-refractivity contribution in [2.75, 3.05) is 0 Å². The molecule has 0 N–H and O–H groups in total. The third-order valence-electron chi connectivity index (χ3n) is 1.81. The second kappa shape index (κ2) is 4.81. The Morgan fingerprint density at radius 2 is 2.33 bits per heavy atom. The zero-order valence-electron chi connectivity index (χ0n) is 7.96. The first-order valence-electron chi connectivity index (χ1n) is 4.16. The first-order chi connectivity index (χ1) is 7.04. The molecule has 4 heteroatoms. The van der Waals surface area contributed by atoms with E-state index in [-0.39, 0.29) is 5.02 Å². The molecule has 0 amide bonds. The van der Waals surface area contributed by atoms with Gasteiger partial charge < -0.3 is 4.74 Å². The van der Waals surface area contributed by atoms with Crippen molar-refractivity contribution >= 4 is 17.6 Å². The molecule has 0 aliphatic rings. The van der Waals surface area contributed by atoms with E-state index in [2.05, 4.69) is 0 Å². The SMILES string of the molecule is C#CC(=O)OC(C)c1ccc(Cl)c(F)c1. The van der Waals surface area contributed by atoms with Crippen molar-refractivity contribution in [2.45, 2.75) is 13.0 Å². The zero-order chi connectivity index (χ0) is 11.4. The van der Waals surface area contributed by atoms with Gasteiger partial charge in [-0.25, -0.2) is 9.18 Å². The minimum absolute atomic E-state index is 0.0224. The van der Waals surface area contributed by atoms with Crippen LogP contribution in [0.5, 0.6) is 0 Å². The van der Waals surface area contributed by atoms with Gasteiger partial charge in [-0.1, -0.05) is 17.7 Å². The third kappa shape index (κ3) is 2.97. The van der Waals surface area contributed by atoms with Crippen molar-refractivity contribution < 1.29 is 13.9 Å². The molecule has 0 bridgehead atoms. The van der Waals surface area contributed by atoms with E-state index in [4.69, 9.17) is 22.8 Å². The van der Waals surface area contributed by atoms with Gasteiger partial charge in [0.1, 0.15) is 11.9 Å². The monoisotopic (exact) mass is 226 g/mol. The Labute approximate surface area is 92.0 Å². The summed E-state index contributed by atoms with van der Waals surface area (Å²) < 4.78 is 17.8. The molecule has 1 aromatic rings. The van der Waals surface area contributed by atoms with Crippen LogP contribution in [-0.2, 0) is 9.53 Å². The second-order valence-electron chi connectivity index (χ2n) is 2.87. The Morgan fingerprint density at radius 1 is 1.67 bits per heavy atom. The molecule has 0 aromatic heterocycles. The standard InChI is InChI=1S/C11H8ClFO2/c1-3-11(14)15-7(2)8-4-5-9(12)10(13)6-8/h1,4-7H,2H3. The number of rotatable bonds is 2. The summed E-state index contributed by atoms with van der Waals surface area (Å²) in [5, 5.41) is 0.0224. The van der Waals surface area contributed by atoms with Gasteiger partial charge in [0.25, 0.3) is 0 Å². The Morgan fingerprint density at radius 3 is 2.87 bits per heavy atom. The van der Waals surface area contributed by atoms with Crippen LogP contribution in [0.4, 0.5) is 4.39 Å². The lowest BCUT2D eigenvalue weighted by molar-refractivity contribution is -0.141. The molecule has 0 spiro atoms. The lowest BCUT2D eigenvalue weighted by Crippen LogP contribution is -2.06. The van der Waals surface area contributed by atoms with E-state index in [0.717, 1.165) is 0 Å². The number of carbonyl (C=O) groups is 1. The molecule has 1 aromatic carbocycles. The fourth-order valence-corrected chi connectivity index (χ4v) is 1.15. The van der Waals surface area contributed by atoms with Gasteiger partial charge in [-0.05, 0) is 24.6 Å². The summed E-state index contributed by atoms with van der Waals surface area (Å²) in [6, 6.07) is 4.17. The number of esters is 1. The summed E-state index contributed by atoms with van der Waals surface area (Å²) in [7, 11) is 0. The highest BCUT2D eigenvalue weighted by molar-refractivity contribution is 6.30. The average molecular weight is 227 g/mol. The number of halogens is 2. The van der Waals surface area contributed by atoms with Gasteiger partial charge in [0, 0.05) is 5.92 Å². The highest BCUT2D eigenvalue weighted by atomic mass is 35.5. The molecular formula is C11H8ClFO2. The summed E-state index contributed by atoms with van der Waals surface area (Å²) in [6.45, 7) is 1.60. The lowest BCUT2D eigenvalue weighted by Gasteiger charge is -2.11. The summed E-state index contributed by atoms with van der Waals surface area (Å²) in [5.74, 6) is 0.473. The van der Waals surface area contributed by atoms with Crippen molar-refractivity contribution in [1.29, 1.82) is 0 Å². The molecular weight excluding hydrogens is 219 g/mol. The fourth-order valence-electron chi connectivity index (χ4n) is 1.03. The largest absolute Gasteiger partial charge is 0.448 e. The highest BCUT2D eigenvalue weighted by Gasteiger charge is 2.11. The summed E-state index contributed by atoms with van der Waals surface area (Å²) in [4.78, 5) is 10.8. The summed E-state index contributed by atoms with van der Waals surface area (Å²) >= 11 is 5.50. The molecule has 0 aliphatic heterocycles. The third-order valence-corrected chi connectivity index (χ3v) is 2.12. The van der Waals surface area contributed by atoms with Gasteiger partial charge in [-0.15, -0.1) is 6.42 Å². The highest BCUT2D eigenvalue weighted by Crippen LogP contribution is 2.22. The van der Waals surface area contributed by atoms with Crippen LogP contribution >= 0.6 is 11.6 Å². The number of ether oxygens (including phenoxy) is 1. The molecule has 0 radical (unpaired) electrons. The Hall–Kier alpha value is -1.53. The predicted octanol–water partition coefficient (Wildman–Crippen LogP) is 2.72. The van der Waals surface area contributed by atoms with E-state index in [1.165, 1.54) is 12.1 Å². The van der Waals surface area contributed by atoms with Crippen LogP contribution in [0.3, 0.4) is 0 Å². The Balaban J connectivity index is 2.83. The predicted molar refractivity (Wildman–Crippen MR) is 54.8 cm³/mol. The minimum atomic E-state index is -0.780. The first-order valence-corrected chi connectivity index (χ1v) is 4.54. The average Bonchev–Trinajstić information content (AvgIpc) is 2.21. The van der Waals surface area contributed by atoms with E-state index in [9.17, 15) is 9.18 Å². The van der Waals surface area contributed by atoms with Crippen molar-refractivity contribution in [1.82, 2.24) is 0 Å². The molecule has 2 nitrogen and oxygen atoms in total. The van der Waals surface area contributed by atoms with E-state index < -0.39 is 17.9 Å². The zero-order valence-corrected chi connectivity index (χ0v) is 8.72. The van der Waals surface area contributed by atoms with Gasteiger partial charge in [0.2, 0.25) is 0 Å². The molecule has 0 saturated heterocycles. The van der Waals surface area contributed by atoms with Gasteiger partial charge >= 0.3 is 5.97 Å². The second-order valence-corrected chi connectivity index (χ2v) is 3.27. The Bertz CT molecular complexity index is 423. The molecule has 0 fully saturated rings. The molecule has 1 unspecified atom stereocenters. The van der Waals surface area contributed by atoms with Crippen LogP contribution in [0.1, 0.15) is 18.6 Å². The van der Waals surface area contributed by atoms with Crippen molar-refractivity contribution in [3.63, 3.8) is 0 Å².